The van der Waals surface area contributed by atoms with E-state index in [1.54, 1.807) is 19.2 Å². The molecule has 0 aliphatic heterocycles. The summed E-state index contributed by atoms with van der Waals surface area (Å²) in [5.74, 6) is 0.191. The van der Waals surface area contributed by atoms with Crippen molar-refractivity contribution in [1.29, 1.82) is 0 Å². The van der Waals surface area contributed by atoms with Crippen molar-refractivity contribution in [2.24, 2.45) is 0 Å². The number of hydrogen-bond acceptors (Lipinski definition) is 3. The molecule has 0 radical (unpaired) electrons. The predicted molar refractivity (Wildman–Crippen MR) is 105 cm³/mol. The van der Waals surface area contributed by atoms with Crippen LogP contribution in [0.1, 0.15) is 16.8 Å². The van der Waals surface area contributed by atoms with Gasteiger partial charge in [-0.05, 0) is 42.7 Å². The highest BCUT2D eigenvalue weighted by molar-refractivity contribution is 5.75. The number of hydrogen-bond donors (Lipinski definition) is 2. The van der Waals surface area contributed by atoms with E-state index in [-0.39, 0.29) is 11.4 Å². The first kappa shape index (κ1) is 18.2. The van der Waals surface area contributed by atoms with Gasteiger partial charge in [-0.15, -0.1) is 0 Å². The highest BCUT2D eigenvalue weighted by atomic mass is 19.1. The minimum atomic E-state index is -0.265. The maximum atomic E-state index is 13.1. The second-order valence-corrected chi connectivity index (χ2v) is 6.66. The SMILES string of the molecule is COCCc1[nH]n(-c2nc3ccccc3[nH]2)c(=O)c1CCc1ccc(F)cc1. The van der Waals surface area contributed by atoms with Crippen LogP contribution >= 0.6 is 0 Å². The van der Waals surface area contributed by atoms with Crippen molar-refractivity contribution in [3.05, 3.63) is 81.5 Å². The molecule has 0 aliphatic rings. The zero-order valence-corrected chi connectivity index (χ0v) is 15.5. The normalized spacial score (nSPS) is 11.4. The Labute approximate surface area is 161 Å². The molecular formula is C21H21FN4O2. The van der Waals surface area contributed by atoms with Gasteiger partial charge in [0, 0.05) is 24.8 Å². The summed E-state index contributed by atoms with van der Waals surface area (Å²) < 4.78 is 19.7. The summed E-state index contributed by atoms with van der Waals surface area (Å²) in [5, 5.41) is 3.18. The number of aryl methyl sites for hydroxylation is 1. The summed E-state index contributed by atoms with van der Waals surface area (Å²) in [6.07, 6.45) is 1.79. The quantitative estimate of drug-likeness (QED) is 0.517. The molecule has 0 fully saturated rings. The van der Waals surface area contributed by atoms with Crippen LogP contribution in [0, 0.1) is 5.82 Å². The van der Waals surface area contributed by atoms with E-state index in [0.29, 0.717) is 37.4 Å². The molecule has 0 unspecified atom stereocenters. The molecule has 0 atom stereocenters. The van der Waals surface area contributed by atoms with Crippen LogP contribution in [-0.4, -0.2) is 33.5 Å². The van der Waals surface area contributed by atoms with Crippen molar-refractivity contribution in [2.45, 2.75) is 19.3 Å². The molecule has 2 heterocycles. The van der Waals surface area contributed by atoms with Gasteiger partial charge in [-0.3, -0.25) is 9.89 Å². The molecule has 0 bridgehead atoms. The van der Waals surface area contributed by atoms with Gasteiger partial charge in [-0.1, -0.05) is 24.3 Å². The number of ether oxygens (including phenoxy) is 1. The van der Waals surface area contributed by atoms with E-state index in [1.165, 1.54) is 16.8 Å². The van der Waals surface area contributed by atoms with Gasteiger partial charge in [0.1, 0.15) is 5.82 Å². The monoisotopic (exact) mass is 380 g/mol. The fourth-order valence-corrected chi connectivity index (χ4v) is 3.30. The van der Waals surface area contributed by atoms with Crippen molar-refractivity contribution < 1.29 is 9.13 Å². The van der Waals surface area contributed by atoms with Crippen molar-refractivity contribution >= 4 is 11.0 Å². The number of aromatic nitrogens is 4. The van der Waals surface area contributed by atoms with Crippen LogP contribution in [0.5, 0.6) is 0 Å². The van der Waals surface area contributed by atoms with Crippen molar-refractivity contribution in [1.82, 2.24) is 19.7 Å². The Kier molecular flexibility index (Phi) is 5.08. The van der Waals surface area contributed by atoms with E-state index in [2.05, 4.69) is 15.1 Å². The van der Waals surface area contributed by atoms with Crippen LogP contribution in [-0.2, 0) is 24.0 Å². The van der Waals surface area contributed by atoms with Gasteiger partial charge < -0.3 is 9.72 Å². The fourth-order valence-electron chi connectivity index (χ4n) is 3.30. The highest BCUT2D eigenvalue weighted by Gasteiger charge is 2.17. The number of nitrogens with one attached hydrogen (secondary N) is 2. The van der Waals surface area contributed by atoms with Gasteiger partial charge in [0.05, 0.1) is 17.6 Å². The molecule has 0 saturated heterocycles. The maximum Gasteiger partial charge on any atom is 0.277 e. The first-order chi connectivity index (χ1) is 13.7. The molecule has 144 valence electrons. The van der Waals surface area contributed by atoms with Gasteiger partial charge in [0.15, 0.2) is 0 Å². The van der Waals surface area contributed by atoms with Crippen LogP contribution < -0.4 is 5.56 Å². The standard InChI is InChI=1S/C21H21FN4O2/c1-28-13-12-17-16(11-8-14-6-9-15(22)10-7-14)20(27)26(25-17)21-23-18-4-2-3-5-19(18)24-21/h2-7,9-10,25H,8,11-13H2,1H3,(H,23,24). The Morgan fingerprint density at radius 2 is 1.86 bits per heavy atom. The summed E-state index contributed by atoms with van der Waals surface area (Å²) in [5.41, 5.74) is 4.04. The third kappa shape index (κ3) is 3.61. The first-order valence-electron chi connectivity index (χ1n) is 9.17. The lowest BCUT2D eigenvalue weighted by atomic mass is 10.0. The first-order valence-corrected chi connectivity index (χ1v) is 9.17. The maximum absolute atomic E-state index is 13.1. The Hall–Kier alpha value is -3.19. The van der Waals surface area contributed by atoms with Crippen molar-refractivity contribution in [3.63, 3.8) is 0 Å². The van der Waals surface area contributed by atoms with E-state index in [1.807, 2.05) is 24.3 Å². The van der Waals surface area contributed by atoms with Crippen LogP contribution in [0.25, 0.3) is 17.0 Å². The lowest BCUT2D eigenvalue weighted by molar-refractivity contribution is 0.201. The smallest absolute Gasteiger partial charge is 0.277 e. The number of H-pyrrole nitrogens is 2. The van der Waals surface area contributed by atoms with Gasteiger partial charge >= 0.3 is 0 Å². The lowest BCUT2D eigenvalue weighted by Crippen LogP contribution is -2.19. The molecule has 4 rings (SSSR count). The summed E-state index contributed by atoms with van der Waals surface area (Å²) in [7, 11) is 1.63. The van der Waals surface area contributed by atoms with E-state index in [4.69, 9.17) is 4.74 Å². The predicted octanol–water partition coefficient (Wildman–Crippen LogP) is 3.16. The topological polar surface area (TPSA) is 75.7 Å². The van der Waals surface area contributed by atoms with Gasteiger partial charge in [0.25, 0.3) is 5.56 Å². The molecule has 2 aromatic carbocycles. The zero-order chi connectivity index (χ0) is 19.5. The third-order valence-corrected chi connectivity index (χ3v) is 4.79. The number of para-hydroxylation sites is 2. The Bertz CT molecular complexity index is 1110. The summed E-state index contributed by atoms with van der Waals surface area (Å²) in [6, 6.07) is 14.0. The van der Waals surface area contributed by atoms with Crippen molar-refractivity contribution in [3.8, 4) is 5.95 Å². The molecule has 0 aliphatic carbocycles. The number of imidazole rings is 1. The molecule has 4 aromatic rings. The van der Waals surface area contributed by atoms with Crippen LogP contribution in [0.2, 0.25) is 0 Å². The highest BCUT2D eigenvalue weighted by Crippen LogP contribution is 2.15. The molecular weight excluding hydrogens is 359 g/mol. The zero-order valence-electron chi connectivity index (χ0n) is 15.5. The Morgan fingerprint density at radius 1 is 1.07 bits per heavy atom. The summed E-state index contributed by atoms with van der Waals surface area (Å²) >= 11 is 0. The van der Waals surface area contributed by atoms with Crippen LogP contribution in [0.3, 0.4) is 0 Å². The van der Waals surface area contributed by atoms with Gasteiger partial charge in [-0.25, -0.2) is 9.37 Å². The molecule has 7 heteroatoms. The third-order valence-electron chi connectivity index (χ3n) is 4.79. The molecule has 2 aromatic heterocycles. The van der Waals surface area contributed by atoms with Crippen LogP contribution in [0.4, 0.5) is 4.39 Å². The number of methoxy groups -OCH3 is 1. The lowest BCUT2D eigenvalue weighted by Gasteiger charge is -2.03. The molecule has 0 amide bonds. The van der Waals surface area contributed by atoms with Gasteiger partial charge in [-0.2, -0.15) is 4.68 Å². The number of halogens is 1. The average Bonchev–Trinajstić information content (AvgIpc) is 3.27. The van der Waals surface area contributed by atoms with Crippen LogP contribution in [0.15, 0.2) is 53.3 Å². The summed E-state index contributed by atoms with van der Waals surface area (Å²) in [6.45, 7) is 0.504. The number of benzene rings is 2. The molecule has 28 heavy (non-hydrogen) atoms. The van der Waals surface area contributed by atoms with E-state index in [9.17, 15) is 9.18 Å². The van der Waals surface area contributed by atoms with E-state index >= 15 is 0 Å². The number of rotatable bonds is 7. The largest absolute Gasteiger partial charge is 0.384 e. The van der Waals surface area contributed by atoms with Gasteiger partial charge in [0.2, 0.25) is 5.95 Å². The van der Waals surface area contributed by atoms with E-state index in [0.717, 1.165) is 22.3 Å². The second-order valence-electron chi connectivity index (χ2n) is 6.66. The second kappa shape index (κ2) is 7.82. The molecule has 6 nitrogen and oxygen atoms in total. The Morgan fingerprint density at radius 3 is 2.61 bits per heavy atom. The number of aromatic amines is 2. The number of fused-ring (bicyclic) bond motifs is 1. The minimum absolute atomic E-state index is 0.132. The Balaban J connectivity index is 1.67. The minimum Gasteiger partial charge on any atom is -0.384 e. The molecule has 0 saturated carbocycles. The molecule has 2 N–H and O–H groups in total. The van der Waals surface area contributed by atoms with E-state index < -0.39 is 0 Å². The number of nitrogens with zero attached hydrogens (tertiary/aromatic N) is 2. The summed E-state index contributed by atoms with van der Waals surface area (Å²) in [4.78, 5) is 20.8. The molecule has 0 spiro atoms. The fraction of sp³-hybridized carbons (Fsp3) is 0.238. The van der Waals surface area contributed by atoms with Crippen molar-refractivity contribution in [2.75, 3.05) is 13.7 Å². The average molecular weight is 380 g/mol.